The molecule has 0 saturated heterocycles. The van der Waals surface area contributed by atoms with Gasteiger partial charge in [-0.3, -0.25) is 13.9 Å². The van der Waals surface area contributed by atoms with Crippen molar-refractivity contribution in [2.45, 2.75) is 52.1 Å². The van der Waals surface area contributed by atoms with E-state index in [1.165, 1.54) is 4.57 Å². The molecule has 0 amide bonds. The lowest BCUT2D eigenvalue weighted by atomic mass is 10.0. The topological polar surface area (TPSA) is 71.1 Å². The minimum atomic E-state index is -0.344. The van der Waals surface area contributed by atoms with Crippen molar-refractivity contribution in [1.82, 2.24) is 18.7 Å². The summed E-state index contributed by atoms with van der Waals surface area (Å²) in [5, 5.41) is 2.38. The molecular weight excluding hydrogens is 440 g/mol. The molecule has 7 nitrogen and oxygen atoms in total. The van der Waals surface area contributed by atoms with E-state index in [4.69, 9.17) is 16.3 Å². The van der Waals surface area contributed by atoms with Crippen LogP contribution in [0.5, 0.6) is 5.75 Å². The van der Waals surface area contributed by atoms with Crippen LogP contribution in [0.3, 0.4) is 0 Å². The molecule has 0 aliphatic rings. The highest BCUT2D eigenvalue weighted by Gasteiger charge is 2.19. The zero-order valence-corrected chi connectivity index (χ0v) is 20.1. The third kappa shape index (κ3) is 4.29. The molecule has 2 aromatic heterocycles. The maximum absolute atomic E-state index is 13.3. The molecule has 0 aliphatic carbocycles. The minimum absolute atomic E-state index is 0.202. The first-order valence-corrected chi connectivity index (χ1v) is 11.8. The summed E-state index contributed by atoms with van der Waals surface area (Å²) in [5.41, 5.74) is 1.23. The second kappa shape index (κ2) is 9.83. The molecule has 4 rings (SSSR count). The molecule has 2 heterocycles. The number of hydrogen-bond acceptors (Lipinski definition) is 4. The lowest BCUT2D eigenvalue weighted by molar-refractivity contribution is 0.420. The van der Waals surface area contributed by atoms with Gasteiger partial charge in [0.15, 0.2) is 11.2 Å². The molecule has 0 N–H and O–H groups in total. The van der Waals surface area contributed by atoms with Crippen LogP contribution >= 0.6 is 11.6 Å². The van der Waals surface area contributed by atoms with Gasteiger partial charge in [-0.05, 0) is 47.9 Å². The van der Waals surface area contributed by atoms with Crippen molar-refractivity contribution < 1.29 is 4.74 Å². The third-order valence-electron chi connectivity index (χ3n) is 6.19. The van der Waals surface area contributed by atoms with E-state index in [-0.39, 0.29) is 16.5 Å². The van der Waals surface area contributed by atoms with Crippen molar-refractivity contribution in [2.75, 3.05) is 7.11 Å². The second-order valence-corrected chi connectivity index (χ2v) is 8.62. The van der Waals surface area contributed by atoms with E-state index in [1.54, 1.807) is 23.3 Å². The van der Waals surface area contributed by atoms with E-state index in [0.717, 1.165) is 47.8 Å². The number of ether oxygens (including phenoxy) is 1. The van der Waals surface area contributed by atoms with E-state index in [1.807, 2.05) is 24.3 Å². The summed E-state index contributed by atoms with van der Waals surface area (Å²) in [4.78, 5) is 30.8. The summed E-state index contributed by atoms with van der Waals surface area (Å²) in [6.45, 7) is 2.95. The molecular formula is C25H29ClN4O3. The van der Waals surface area contributed by atoms with Gasteiger partial charge in [0.05, 0.1) is 7.11 Å². The normalized spacial score (nSPS) is 11.5. The summed E-state index contributed by atoms with van der Waals surface area (Å²) in [7, 11) is 3.37. The van der Waals surface area contributed by atoms with E-state index in [2.05, 4.69) is 24.0 Å². The van der Waals surface area contributed by atoms with Crippen LogP contribution in [0.15, 0.2) is 46.0 Å². The highest BCUT2D eigenvalue weighted by Crippen LogP contribution is 2.28. The number of imidazole rings is 1. The number of methoxy groups -OCH3 is 1. The number of nitrogens with zero attached hydrogens (tertiary/aromatic N) is 4. The molecule has 4 aromatic rings. The molecule has 0 aliphatic heterocycles. The fourth-order valence-corrected chi connectivity index (χ4v) is 4.59. The Labute approximate surface area is 197 Å². The number of hydrogen-bond donors (Lipinski definition) is 0. The first kappa shape index (κ1) is 23.1. The zero-order chi connectivity index (χ0) is 23.5. The summed E-state index contributed by atoms with van der Waals surface area (Å²) < 4.78 is 9.97. The molecule has 0 saturated carbocycles. The molecule has 0 fully saturated rings. The van der Waals surface area contributed by atoms with Crippen molar-refractivity contribution >= 4 is 33.5 Å². The first-order valence-electron chi connectivity index (χ1n) is 11.4. The summed E-state index contributed by atoms with van der Waals surface area (Å²) in [6.07, 6.45) is 4.26. The molecule has 0 atom stereocenters. The van der Waals surface area contributed by atoms with Gasteiger partial charge in [-0.2, -0.15) is 4.98 Å². The maximum Gasteiger partial charge on any atom is 0.332 e. The van der Waals surface area contributed by atoms with Gasteiger partial charge in [0.25, 0.3) is 5.56 Å². The SMILES string of the molecule is CCCCCn1c(=O)n(CCCc2cccc3c(OC)cccc23)c(=O)c2c1nc(Cl)n2C. The van der Waals surface area contributed by atoms with Crippen LogP contribution < -0.4 is 16.0 Å². The van der Waals surface area contributed by atoms with Gasteiger partial charge in [0, 0.05) is 25.5 Å². The Morgan fingerprint density at radius 3 is 2.45 bits per heavy atom. The number of halogens is 1. The standard InChI is InChI=1S/C25H29ClN4O3/c1-4-5-6-15-29-22-21(28(2)24(26)27-22)23(31)30(25(29)32)16-9-11-17-10-7-13-19-18(17)12-8-14-20(19)33-3/h7-8,10,12-14H,4-6,9,11,15-16H2,1-3H3. The quantitative estimate of drug-likeness (QED) is 0.267. The molecule has 0 unspecified atom stereocenters. The largest absolute Gasteiger partial charge is 0.496 e. The monoisotopic (exact) mass is 468 g/mol. The van der Waals surface area contributed by atoms with Crippen molar-refractivity contribution in [3.05, 3.63) is 68.1 Å². The Kier molecular flexibility index (Phi) is 6.88. The van der Waals surface area contributed by atoms with Crippen LogP contribution in [-0.4, -0.2) is 25.8 Å². The Hall–Kier alpha value is -3.06. The van der Waals surface area contributed by atoms with E-state index < -0.39 is 0 Å². The molecule has 2 aromatic carbocycles. The van der Waals surface area contributed by atoms with Gasteiger partial charge >= 0.3 is 5.69 Å². The Bertz CT molecular complexity index is 1420. The van der Waals surface area contributed by atoms with Gasteiger partial charge < -0.3 is 9.30 Å². The Morgan fingerprint density at radius 1 is 0.970 bits per heavy atom. The van der Waals surface area contributed by atoms with Crippen molar-refractivity contribution in [2.24, 2.45) is 7.05 Å². The predicted octanol–water partition coefficient (Wildman–Crippen LogP) is 4.53. The number of unbranched alkanes of at least 4 members (excludes halogenated alkanes) is 2. The van der Waals surface area contributed by atoms with E-state index in [9.17, 15) is 9.59 Å². The van der Waals surface area contributed by atoms with Gasteiger partial charge in [0.2, 0.25) is 5.28 Å². The Balaban J connectivity index is 1.67. The number of aryl methyl sites for hydroxylation is 3. The molecule has 0 radical (unpaired) electrons. The minimum Gasteiger partial charge on any atom is -0.496 e. The molecule has 0 bridgehead atoms. The van der Waals surface area contributed by atoms with E-state index in [0.29, 0.717) is 30.7 Å². The van der Waals surface area contributed by atoms with Crippen LogP contribution in [0.2, 0.25) is 5.28 Å². The number of rotatable bonds is 9. The summed E-state index contributed by atoms with van der Waals surface area (Å²) in [6, 6.07) is 12.1. The molecule has 174 valence electrons. The summed E-state index contributed by atoms with van der Waals surface area (Å²) >= 11 is 6.20. The van der Waals surface area contributed by atoms with Gasteiger partial charge in [-0.15, -0.1) is 0 Å². The van der Waals surface area contributed by atoms with Crippen LogP contribution in [0.4, 0.5) is 0 Å². The molecule has 33 heavy (non-hydrogen) atoms. The van der Waals surface area contributed by atoms with Gasteiger partial charge in [-0.1, -0.05) is 50.1 Å². The third-order valence-corrected chi connectivity index (χ3v) is 6.53. The highest BCUT2D eigenvalue weighted by molar-refractivity contribution is 6.29. The van der Waals surface area contributed by atoms with Crippen LogP contribution in [0.25, 0.3) is 21.9 Å². The average molecular weight is 469 g/mol. The smallest absolute Gasteiger partial charge is 0.332 e. The molecule has 8 heteroatoms. The van der Waals surface area contributed by atoms with Crippen molar-refractivity contribution in [1.29, 1.82) is 0 Å². The first-order chi connectivity index (χ1) is 16.0. The number of fused-ring (bicyclic) bond motifs is 2. The number of benzene rings is 2. The van der Waals surface area contributed by atoms with Crippen molar-refractivity contribution in [3.63, 3.8) is 0 Å². The fourth-order valence-electron chi connectivity index (χ4n) is 4.42. The van der Waals surface area contributed by atoms with E-state index >= 15 is 0 Å². The summed E-state index contributed by atoms with van der Waals surface area (Å²) in [5.74, 6) is 0.832. The van der Waals surface area contributed by atoms with Crippen LogP contribution in [-0.2, 0) is 26.6 Å². The fraction of sp³-hybridized carbons (Fsp3) is 0.400. The second-order valence-electron chi connectivity index (χ2n) is 8.29. The highest BCUT2D eigenvalue weighted by atomic mass is 35.5. The average Bonchev–Trinajstić information content (AvgIpc) is 3.12. The van der Waals surface area contributed by atoms with Gasteiger partial charge in [0.1, 0.15) is 5.75 Å². The molecule has 0 spiro atoms. The Morgan fingerprint density at radius 2 is 1.70 bits per heavy atom. The number of aromatic nitrogens is 4. The van der Waals surface area contributed by atoms with Crippen LogP contribution in [0.1, 0.15) is 38.2 Å². The zero-order valence-electron chi connectivity index (χ0n) is 19.3. The predicted molar refractivity (Wildman–Crippen MR) is 133 cm³/mol. The van der Waals surface area contributed by atoms with Crippen molar-refractivity contribution in [3.8, 4) is 5.75 Å². The van der Waals surface area contributed by atoms with Gasteiger partial charge in [-0.25, -0.2) is 4.79 Å². The lowest BCUT2D eigenvalue weighted by Gasteiger charge is -2.13. The van der Waals surface area contributed by atoms with Crippen LogP contribution in [0, 0.1) is 0 Å². The lowest BCUT2D eigenvalue weighted by Crippen LogP contribution is -2.40. The maximum atomic E-state index is 13.3.